The molecule has 3 rings (SSSR count). The van der Waals surface area contributed by atoms with Gasteiger partial charge in [-0.15, -0.1) is 0 Å². The third-order valence-electron chi connectivity index (χ3n) is 4.13. The van der Waals surface area contributed by atoms with Crippen LogP contribution in [-0.4, -0.2) is 33.0 Å². The molecule has 0 spiro atoms. The average molecular weight is 278 g/mol. The first-order chi connectivity index (χ1) is 9.74. The summed E-state index contributed by atoms with van der Waals surface area (Å²) in [7, 11) is 0. The van der Waals surface area contributed by atoms with E-state index in [1.165, 1.54) is 6.33 Å². The number of aromatic amines is 1. The SMILES string of the molecule is O=C(CC1NNC(=O)C2CCCCC12)Nc1ncn[nH]1. The van der Waals surface area contributed by atoms with Crippen molar-refractivity contribution >= 4 is 17.8 Å². The Kier molecular flexibility index (Phi) is 3.64. The van der Waals surface area contributed by atoms with Crippen LogP contribution in [0.25, 0.3) is 0 Å². The molecule has 0 aromatic carbocycles. The second kappa shape index (κ2) is 5.58. The average Bonchev–Trinajstić information content (AvgIpc) is 2.95. The number of hydrazine groups is 1. The second-order valence-electron chi connectivity index (χ2n) is 5.38. The van der Waals surface area contributed by atoms with Crippen molar-refractivity contribution in [1.29, 1.82) is 0 Å². The van der Waals surface area contributed by atoms with Crippen LogP contribution >= 0.6 is 0 Å². The lowest BCUT2D eigenvalue weighted by Gasteiger charge is -2.40. The molecule has 108 valence electrons. The molecule has 4 N–H and O–H groups in total. The Labute approximate surface area is 116 Å². The van der Waals surface area contributed by atoms with E-state index in [2.05, 4.69) is 31.3 Å². The minimum Gasteiger partial charge on any atom is -0.295 e. The molecule has 8 heteroatoms. The number of nitrogens with one attached hydrogen (secondary N) is 4. The minimum absolute atomic E-state index is 0.0269. The molecule has 3 atom stereocenters. The van der Waals surface area contributed by atoms with E-state index in [4.69, 9.17) is 0 Å². The molecule has 0 radical (unpaired) electrons. The predicted molar refractivity (Wildman–Crippen MR) is 70.1 cm³/mol. The van der Waals surface area contributed by atoms with Crippen molar-refractivity contribution < 1.29 is 9.59 Å². The van der Waals surface area contributed by atoms with Crippen molar-refractivity contribution in [1.82, 2.24) is 26.0 Å². The first-order valence-electron chi connectivity index (χ1n) is 6.94. The smallest absolute Gasteiger partial charge is 0.237 e. The standard InChI is InChI=1S/C12H18N6O2/c19-10(15-12-13-6-14-18-12)5-9-7-3-1-2-4-8(7)11(20)17-16-9/h6-9,16H,1-5H2,(H,17,20)(H2,13,14,15,18,19). The van der Waals surface area contributed by atoms with E-state index < -0.39 is 0 Å². The van der Waals surface area contributed by atoms with Gasteiger partial charge in [-0.3, -0.25) is 20.3 Å². The molecule has 3 unspecified atom stereocenters. The monoisotopic (exact) mass is 278 g/mol. The zero-order chi connectivity index (χ0) is 13.9. The second-order valence-corrected chi connectivity index (χ2v) is 5.38. The van der Waals surface area contributed by atoms with Crippen molar-refractivity contribution in [3.63, 3.8) is 0 Å². The summed E-state index contributed by atoms with van der Waals surface area (Å²) < 4.78 is 0. The van der Waals surface area contributed by atoms with Gasteiger partial charge in [-0.1, -0.05) is 12.8 Å². The van der Waals surface area contributed by atoms with Crippen molar-refractivity contribution in [2.45, 2.75) is 38.1 Å². The van der Waals surface area contributed by atoms with Gasteiger partial charge in [-0.05, 0) is 18.8 Å². The molecule has 1 aliphatic heterocycles. The lowest BCUT2D eigenvalue weighted by atomic mass is 9.73. The molecule has 1 saturated heterocycles. The van der Waals surface area contributed by atoms with Crippen LogP contribution in [0, 0.1) is 11.8 Å². The van der Waals surface area contributed by atoms with Gasteiger partial charge < -0.3 is 0 Å². The molecule has 1 aromatic heterocycles. The van der Waals surface area contributed by atoms with E-state index in [0.29, 0.717) is 12.4 Å². The highest BCUT2D eigenvalue weighted by Crippen LogP contribution is 2.35. The van der Waals surface area contributed by atoms with Crippen LogP contribution in [0.4, 0.5) is 5.95 Å². The summed E-state index contributed by atoms with van der Waals surface area (Å²) in [6, 6.07) is -0.0269. The Morgan fingerprint density at radius 1 is 1.40 bits per heavy atom. The topological polar surface area (TPSA) is 112 Å². The summed E-state index contributed by atoms with van der Waals surface area (Å²) in [6.45, 7) is 0. The summed E-state index contributed by atoms with van der Waals surface area (Å²) in [5, 5.41) is 8.91. The fraction of sp³-hybridized carbons (Fsp3) is 0.667. The largest absolute Gasteiger partial charge is 0.295 e. The van der Waals surface area contributed by atoms with Gasteiger partial charge in [-0.25, -0.2) is 10.5 Å². The predicted octanol–water partition coefficient (Wildman–Crippen LogP) is -0.0573. The van der Waals surface area contributed by atoms with Crippen LogP contribution in [0.1, 0.15) is 32.1 Å². The van der Waals surface area contributed by atoms with E-state index >= 15 is 0 Å². The van der Waals surface area contributed by atoms with Gasteiger partial charge in [0.1, 0.15) is 6.33 Å². The number of fused-ring (bicyclic) bond motifs is 1. The molecule has 1 saturated carbocycles. The van der Waals surface area contributed by atoms with Gasteiger partial charge in [0.05, 0.1) is 0 Å². The number of amides is 2. The number of hydrogen-bond donors (Lipinski definition) is 4. The molecular formula is C12H18N6O2. The van der Waals surface area contributed by atoms with Gasteiger partial charge in [0.15, 0.2) is 0 Å². The molecule has 2 fully saturated rings. The number of H-pyrrole nitrogens is 1. The van der Waals surface area contributed by atoms with Crippen LogP contribution in [-0.2, 0) is 9.59 Å². The summed E-state index contributed by atoms with van der Waals surface area (Å²) in [5.41, 5.74) is 5.66. The molecule has 0 bridgehead atoms. The molecular weight excluding hydrogens is 260 g/mol. The van der Waals surface area contributed by atoms with Crippen molar-refractivity contribution in [2.24, 2.45) is 11.8 Å². The molecule has 8 nitrogen and oxygen atoms in total. The van der Waals surface area contributed by atoms with Crippen molar-refractivity contribution in [3.05, 3.63) is 6.33 Å². The number of carbonyl (C=O) groups is 2. The van der Waals surface area contributed by atoms with Crippen molar-refractivity contribution in [2.75, 3.05) is 5.32 Å². The van der Waals surface area contributed by atoms with Gasteiger partial charge in [-0.2, -0.15) is 10.1 Å². The molecule has 1 aromatic rings. The zero-order valence-corrected chi connectivity index (χ0v) is 11.1. The first kappa shape index (κ1) is 13.0. The highest BCUT2D eigenvalue weighted by Gasteiger charge is 2.40. The molecule has 1 aliphatic carbocycles. The van der Waals surface area contributed by atoms with E-state index in [-0.39, 0.29) is 29.7 Å². The normalized spacial score (nSPS) is 29.4. The first-order valence-corrected chi connectivity index (χ1v) is 6.94. The molecule has 2 aliphatic rings. The van der Waals surface area contributed by atoms with Gasteiger partial charge in [0.25, 0.3) is 0 Å². The fourth-order valence-corrected chi connectivity index (χ4v) is 3.18. The van der Waals surface area contributed by atoms with Crippen LogP contribution in [0.2, 0.25) is 0 Å². The Balaban J connectivity index is 1.61. The van der Waals surface area contributed by atoms with E-state index in [1.807, 2.05) is 0 Å². The van der Waals surface area contributed by atoms with Crippen LogP contribution < -0.4 is 16.2 Å². The maximum atomic E-state index is 12.0. The molecule has 20 heavy (non-hydrogen) atoms. The van der Waals surface area contributed by atoms with E-state index in [9.17, 15) is 9.59 Å². The van der Waals surface area contributed by atoms with Gasteiger partial charge in [0.2, 0.25) is 17.8 Å². The zero-order valence-electron chi connectivity index (χ0n) is 11.1. The van der Waals surface area contributed by atoms with Crippen LogP contribution in [0.3, 0.4) is 0 Å². The summed E-state index contributed by atoms with van der Waals surface area (Å²) in [5.74, 6) is 0.530. The quantitative estimate of drug-likeness (QED) is 0.619. The summed E-state index contributed by atoms with van der Waals surface area (Å²) in [4.78, 5) is 27.7. The number of rotatable bonds is 3. The van der Waals surface area contributed by atoms with Crippen LogP contribution in [0.5, 0.6) is 0 Å². The van der Waals surface area contributed by atoms with Gasteiger partial charge >= 0.3 is 0 Å². The highest BCUT2D eigenvalue weighted by atomic mass is 16.2. The minimum atomic E-state index is -0.139. The van der Waals surface area contributed by atoms with Crippen LogP contribution in [0.15, 0.2) is 6.33 Å². The lowest BCUT2D eigenvalue weighted by molar-refractivity contribution is -0.134. The number of nitrogens with zero attached hydrogens (tertiary/aromatic N) is 2. The third-order valence-corrected chi connectivity index (χ3v) is 4.13. The summed E-state index contributed by atoms with van der Waals surface area (Å²) >= 11 is 0. The summed E-state index contributed by atoms with van der Waals surface area (Å²) in [6.07, 6.45) is 5.76. The van der Waals surface area contributed by atoms with Gasteiger partial charge in [0, 0.05) is 18.4 Å². The Morgan fingerprint density at radius 3 is 3.05 bits per heavy atom. The number of anilines is 1. The Hall–Kier alpha value is -1.96. The maximum Gasteiger partial charge on any atom is 0.237 e. The Bertz CT molecular complexity index is 488. The lowest BCUT2D eigenvalue weighted by Crippen LogP contribution is -2.60. The number of aromatic nitrogens is 3. The molecule has 2 amide bonds. The maximum absolute atomic E-state index is 12.0. The van der Waals surface area contributed by atoms with E-state index in [0.717, 1.165) is 25.7 Å². The highest BCUT2D eigenvalue weighted by molar-refractivity contribution is 5.89. The number of hydrogen-bond acceptors (Lipinski definition) is 5. The Morgan fingerprint density at radius 2 is 2.25 bits per heavy atom. The fourth-order valence-electron chi connectivity index (χ4n) is 3.18. The van der Waals surface area contributed by atoms with Crippen molar-refractivity contribution in [3.8, 4) is 0 Å². The van der Waals surface area contributed by atoms with E-state index in [1.54, 1.807) is 0 Å². The third kappa shape index (κ3) is 2.64. The number of carbonyl (C=O) groups excluding carboxylic acids is 2. The molecule has 2 heterocycles.